The van der Waals surface area contributed by atoms with Crippen LogP contribution in [0.15, 0.2) is 65.8 Å². The maximum absolute atomic E-state index is 14.8. The average Bonchev–Trinajstić information content (AvgIpc) is 3.70. The number of amides is 3. The number of aliphatic hydroxyl groups excluding tert-OH is 1. The number of likely N-dealkylation sites (tertiary alicyclic amines) is 1. The zero-order chi connectivity index (χ0) is 35.7. The fourth-order valence-electron chi connectivity index (χ4n) is 7.96. The minimum atomic E-state index is -3.01. The molecular formula is C38H52N4O6Si. The van der Waals surface area contributed by atoms with Gasteiger partial charge in [0, 0.05) is 47.1 Å². The Balaban J connectivity index is 1.53. The summed E-state index contributed by atoms with van der Waals surface area (Å²) in [5, 5.41) is 12.9. The maximum atomic E-state index is 14.8. The highest BCUT2D eigenvalue weighted by atomic mass is 28.4. The molecule has 11 heteroatoms. The first-order valence-electron chi connectivity index (χ1n) is 17.4. The van der Waals surface area contributed by atoms with Crippen LogP contribution in [0.25, 0.3) is 0 Å². The Morgan fingerprint density at radius 1 is 1.12 bits per heavy atom. The third-order valence-corrected chi connectivity index (χ3v) is 12.9. The number of anilines is 3. The molecule has 3 aliphatic rings. The van der Waals surface area contributed by atoms with Crippen LogP contribution in [0.4, 0.5) is 17.1 Å². The molecule has 2 fully saturated rings. The van der Waals surface area contributed by atoms with E-state index in [4.69, 9.17) is 10.5 Å². The molecule has 5 rings (SSSR count). The summed E-state index contributed by atoms with van der Waals surface area (Å²) in [7, 11) is -3.01. The maximum Gasteiger partial charge on any atom is 0.264 e. The van der Waals surface area contributed by atoms with Crippen LogP contribution in [-0.4, -0.2) is 72.7 Å². The number of hydrogen-bond acceptors (Lipinski definition) is 7. The lowest BCUT2D eigenvalue weighted by Crippen LogP contribution is -2.46. The number of nitrogens with zero attached hydrogens (tertiary/aromatic N) is 2. The summed E-state index contributed by atoms with van der Waals surface area (Å²) in [4.78, 5) is 56.9. The van der Waals surface area contributed by atoms with Crippen molar-refractivity contribution >= 4 is 43.1 Å². The number of fused-ring (bicyclic) bond motifs is 2. The predicted octanol–water partition coefficient (Wildman–Crippen LogP) is 5.73. The van der Waals surface area contributed by atoms with Crippen molar-refractivity contribution in [3.63, 3.8) is 0 Å². The van der Waals surface area contributed by atoms with E-state index in [-0.39, 0.29) is 36.8 Å². The molecule has 0 aromatic heterocycles. The molecule has 3 heterocycles. The number of hydrogen-bond donors (Lipinski definition) is 4. The van der Waals surface area contributed by atoms with Crippen molar-refractivity contribution in [2.24, 2.45) is 5.92 Å². The molecule has 5 N–H and O–H groups in total. The number of nitrogens with one attached hydrogen (secondary N) is 1. The summed E-state index contributed by atoms with van der Waals surface area (Å²) in [6.45, 7) is 12.6. The predicted molar refractivity (Wildman–Crippen MR) is 196 cm³/mol. The number of allylic oxidation sites excluding steroid dienone is 3. The molecule has 0 bridgehead atoms. The standard InChI is InChI=1S/C38H52N4O6Si/c1-24(2)9-7-10-25(3)18-20-42-32-17-16-29(40-36(45)27-12-14-28(39)15-13-27)21-31(32)38(37(42)46)26(4)35(49(5,6)47)33(48-38)22-34(44)41-19-8-11-30(41)23-43/h9,12-18,21,26,30,33,35,43,47H,7-8,10-11,19-20,22-23,39H2,1-6H3,(H,40,45)/b25-18+/t26-,30-,33+,35-,38+/m0/s1. The molecule has 5 atom stereocenters. The first-order chi connectivity index (χ1) is 23.2. The fourth-order valence-corrected chi connectivity index (χ4v) is 10.5. The van der Waals surface area contributed by atoms with E-state index < -0.39 is 31.5 Å². The Morgan fingerprint density at radius 3 is 2.49 bits per heavy atom. The van der Waals surface area contributed by atoms with Gasteiger partial charge in [-0.2, -0.15) is 0 Å². The molecule has 0 unspecified atom stereocenters. The number of carbonyl (C=O) groups excluding carboxylic acids is 3. The van der Waals surface area contributed by atoms with Crippen LogP contribution in [0.3, 0.4) is 0 Å². The van der Waals surface area contributed by atoms with Gasteiger partial charge in [0.15, 0.2) is 13.9 Å². The van der Waals surface area contributed by atoms with Gasteiger partial charge in [-0.1, -0.05) is 30.2 Å². The smallest absolute Gasteiger partial charge is 0.264 e. The summed E-state index contributed by atoms with van der Waals surface area (Å²) in [6, 6.07) is 11.8. The van der Waals surface area contributed by atoms with E-state index in [0.717, 1.165) is 31.3 Å². The summed E-state index contributed by atoms with van der Waals surface area (Å²) >= 11 is 0. The van der Waals surface area contributed by atoms with Gasteiger partial charge in [-0.15, -0.1) is 0 Å². The van der Waals surface area contributed by atoms with E-state index in [0.29, 0.717) is 41.3 Å². The van der Waals surface area contributed by atoms with Crippen LogP contribution in [-0.2, 0) is 19.9 Å². The molecule has 2 aromatic carbocycles. The average molecular weight is 689 g/mol. The molecular weight excluding hydrogens is 637 g/mol. The van der Waals surface area contributed by atoms with Crippen molar-refractivity contribution in [3.8, 4) is 0 Å². The Labute approximate surface area is 291 Å². The lowest BCUT2D eigenvalue weighted by Gasteiger charge is -2.32. The van der Waals surface area contributed by atoms with E-state index in [2.05, 4.69) is 38.2 Å². The van der Waals surface area contributed by atoms with Crippen molar-refractivity contribution in [1.29, 1.82) is 0 Å². The second kappa shape index (κ2) is 14.6. The summed E-state index contributed by atoms with van der Waals surface area (Å²) in [5.41, 5.74) is 9.13. The Morgan fingerprint density at radius 2 is 1.84 bits per heavy atom. The van der Waals surface area contributed by atoms with Gasteiger partial charge in [0.05, 0.1) is 30.9 Å². The van der Waals surface area contributed by atoms with Gasteiger partial charge in [-0.05, 0) is 102 Å². The first-order valence-corrected chi connectivity index (χ1v) is 20.4. The normalized spacial score (nSPS) is 25.2. The van der Waals surface area contributed by atoms with Crippen molar-refractivity contribution in [2.45, 2.75) is 96.2 Å². The van der Waals surface area contributed by atoms with E-state index in [1.807, 2.05) is 26.1 Å². The van der Waals surface area contributed by atoms with Gasteiger partial charge in [0.2, 0.25) is 5.91 Å². The van der Waals surface area contributed by atoms with Crippen LogP contribution >= 0.6 is 0 Å². The lowest BCUT2D eigenvalue weighted by molar-refractivity contribution is -0.149. The third kappa shape index (κ3) is 7.40. The van der Waals surface area contributed by atoms with E-state index in [1.165, 1.54) is 5.57 Å². The zero-order valence-electron chi connectivity index (χ0n) is 29.7. The largest absolute Gasteiger partial charge is 0.432 e. The molecule has 49 heavy (non-hydrogen) atoms. The molecule has 10 nitrogen and oxygen atoms in total. The van der Waals surface area contributed by atoms with Gasteiger partial charge in [0.1, 0.15) is 0 Å². The van der Waals surface area contributed by atoms with E-state index >= 15 is 0 Å². The number of ether oxygens (including phenoxy) is 1. The van der Waals surface area contributed by atoms with Gasteiger partial charge < -0.3 is 35.5 Å². The third-order valence-electron chi connectivity index (χ3n) is 10.4. The highest BCUT2D eigenvalue weighted by Gasteiger charge is 2.66. The highest BCUT2D eigenvalue weighted by molar-refractivity contribution is 6.71. The zero-order valence-corrected chi connectivity index (χ0v) is 30.7. The van der Waals surface area contributed by atoms with Crippen molar-refractivity contribution in [3.05, 3.63) is 76.9 Å². The Kier molecular flexibility index (Phi) is 10.9. The van der Waals surface area contributed by atoms with Crippen LogP contribution < -0.4 is 16.0 Å². The molecule has 1 spiro atoms. The van der Waals surface area contributed by atoms with Gasteiger partial charge >= 0.3 is 0 Å². The monoisotopic (exact) mass is 688 g/mol. The number of rotatable bonds is 11. The molecule has 0 aliphatic carbocycles. The molecule has 0 saturated carbocycles. The fraction of sp³-hybridized carbons (Fsp3) is 0.500. The summed E-state index contributed by atoms with van der Waals surface area (Å²) in [6.07, 6.45) is 6.91. The van der Waals surface area contributed by atoms with Gasteiger partial charge in [-0.3, -0.25) is 14.4 Å². The van der Waals surface area contributed by atoms with Gasteiger partial charge in [0.25, 0.3) is 11.8 Å². The molecule has 3 amide bonds. The number of benzene rings is 2. The molecule has 2 saturated heterocycles. The topological polar surface area (TPSA) is 145 Å². The number of carbonyl (C=O) groups is 3. The SMILES string of the molecule is CC(C)=CCC/C(C)=C/CN1C(=O)[C@]2(O[C@H](CC(=O)N3CCC[C@H]3CO)[C@@H]([Si](C)(C)O)[C@@H]2C)c2cc(NC(=O)c3ccc(N)cc3)ccc21. The second-order valence-corrected chi connectivity index (χ2v) is 18.7. The van der Waals surface area contributed by atoms with Crippen LogP contribution in [0.2, 0.25) is 18.6 Å². The van der Waals surface area contributed by atoms with Crippen molar-refractivity contribution < 1.29 is 29.0 Å². The number of nitrogen functional groups attached to an aromatic ring is 1. The highest BCUT2D eigenvalue weighted by Crippen LogP contribution is 2.60. The van der Waals surface area contributed by atoms with Crippen LogP contribution in [0, 0.1) is 5.92 Å². The van der Waals surface area contributed by atoms with E-state index in [1.54, 1.807) is 46.2 Å². The van der Waals surface area contributed by atoms with Crippen molar-refractivity contribution in [1.82, 2.24) is 4.90 Å². The Hall–Kier alpha value is -3.77. The Bertz CT molecular complexity index is 1630. The number of nitrogens with two attached hydrogens (primary N) is 1. The minimum absolute atomic E-state index is 0.00377. The summed E-state index contributed by atoms with van der Waals surface area (Å²) in [5.74, 6) is -1.17. The second-order valence-electron chi connectivity index (χ2n) is 14.7. The van der Waals surface area contributed by atoms with Crippen molar-refractivity contribution in [2.75, 3.05) is 35.6 Å². The molecule has 2 aromatic rings. The molecule has 264 valence electrons. The van der Waals surface area contributed by atoms with E-state index in [9.17, 15) is 24.3 Å². The summed E-state index contributed by atoms with van der Waals surface area (Å²) < 4.78 is 6.90. The van der Waals surface area contributed by atoms with Gasteiger partial charge in [-0.25, -0.2) is 0 Å². The molecule has 0 radical (unpaired) electrons. The quantitative estimate of drug-likeness (QED) is 0.134. The number of aliphatic hydroxyl groups is 1. The first kappa shape index (κ1) is 36.5. The lowest BCUT2D eigenvalue weighted by atomic mass is 9.82. The minimum Gasteiger partial charge on any atom is -0.432 e. The molecule has 3 aliphatic heterocycles. The van der Waals surface area contributed by atoms with Crippen LogP contribution in [0.1, 0.15) is 75.7 Å². The van der Waals surface area contributed by atoms with Crippen LogP contribution in [0.5, 0.6) is 0 Å².